The predicted molar refractivity (Wildman–Crippen MR) is 88.7 cm³/mol. The van der Waals surface area contributed by atoms with E-state index in [4.69, 9.17) is 0 Å². The first-order valence-electron chi connectivity index (χ1n) is 6.22. The molecule has 1 heterocycles. The van der Waals surface area contributed by atoms with Gasteiger partial charge >= 0.3 is 0 Å². The molecule has 0 atom stereocenters. The summed E-state index contributed by atoms with van der Waals surface area (Å²) in [4.78, 5) is 16.1. The fourth-order valence-corrected chi connectivity index (χ4v) is 2.50. The van der Waals surface area contributed by atoms with Gasteiger partial charge in [-0.05, 0) is 30.5 Å². The fourth-order valence-electron chi connectivity index (χ4n) is 1.84. The van der Waals surface area contributed by atoms with Gasteiger partial charge in [-0.25, -0.2) is 0 Å². The van der Waals surface area contributed by atoms with Crippen molar-refractivity contribution in [1.82, 2.24) is 9.80 Å². The minimum Gasteiger partial charge on any atom is -0.308 e. The predicted octanol–water partition coefficient (Wildman–Crippen LogP) is 3.06. The summed E-state index contributed by atoms with van der Waals surface area (Å²) in [6.45, 7) is 1.53. The zero-order chi connectivity index (χ0) is 13.7. The van der Waals surface area contributed by atoms with Crippen LogP contribution >= 0.6 is 24.2 Å². The number of benzene rings is 1. The van der Waals surface area contributed by atoms with Gasteiger partial charge in [-0.2, -0.15) is 0 Å². The fraction of sp³-hybridized carbons (Fsp3) is 0.267. The molecular weight excluding hydrogens is 292 g/mol. The minimum atomic E-state index is 0. The highest BCUT2D eigenvalue weighted by molar-refractivity contribution is 8.05. The van der Waals surface area contributed by atoms with Gasteiger partial charge in [0.25, 0.3) is 5.91 Å². The Bertz CT molecular complexity index is 500. The first-order chi connectivity index (χ1) is 9.18. The SMILES string of the molecule is CN(C)CCN1C(=O)C=CSC=C1c1ccccc1.Cl. The van der Waals surface area contributed by atoms with Gasteiger partial charge in [0, 0.05) is 19.2 Å². The van der Waals surface area contributed by atoms with E-state index >= 15 is 0 Å². The van der Waals surface area contributed by atoms with E-state index < -0.39 is 0 Å². The molecule has 0 saturated carbocycles. The molecule has 0 unspecified atom stereocenters. The molecule has 1 aliphatic rings. The number of likely N-dealkylation sites (N-methyl/N-ethyl adjacent to an activating group) is 1. The van der Waals surface area contributed by atoms with Crippen LogP contribution in [0.3, 0.4) is 0 Å². The van der Waals surface area contributed by atoms with Crippen molar-refractivity contribution < 1.29 is 4.79 Å². The lowest BCUT2D eigenvalue weighted by molar-refractivity contribution is -0.123. The first-order valence-corrected chi connectivity index (χ1v) is 7.16. The second-order valence-electron chi connectivity index (χ2n) is 4.60. The summed E-state index contributed by atoms with van der Waals surface area (Å²) < 4.78 is 0. The molecular formula is C15H19ClN2OS. The van der Waals surface area contributed by atoms with E-state index in [0.29, 0.717) is 6.54 Å². The lowest BCUT2D eigenvalue weighted by Gasteiger charge is -2.25. The molecule has 0 N–H and O–H groups in total. The van der Waals surface area contributed by atoms with Crippen LogP contribution in [0.4, 0.5) is 0 Å². The van der Waals surface area contributed by atoms with Gasteiger partial charge in [-0.3, -0.25) is 4.79 Å². The Kier molecular flexibility index (Phi) is 6.85. The molecule has 108 valence electrons. The summed E-state index contributed by atoms with van der Waals surface area (Å²) in [6, 6.07) is 10.0. The number of nitrogens with zero attached hydrogens (tertiary/aromatic N) is 2. The maximum absolute atomic E-state index is 12.2. The van der Waals surface area contributed by atoms with Crippen LogP contribution in [-0.2, 0) is 4.79 Å². The number of carbonyl (C=O) groups is 1. The third-order valence-corrected chi connectivity index (χ3v) is 3.52. The number of thioether (sulfide) groups is 1. The van der Waals surface area contributed by atoms with E-state index in [1.165, 1.54) is 0 Å². The van der Waals surface area contributed by atoms with Crippen molar-refractivity contribution in [2.75, 3.05) is 27.2 Å². The Labute approximate surface area is 130 Å². The Balaban J connectivity index is 0.00000200. The van der Waals surface area contributed by atoms with E-state index in [0.717, 1.165) is 17.8 Å². The van der Waals surface area contributed by atoms with Crippen molar-refractivity contribution in [2.45, 2.75) is 0 Å². The van der Waals surface area contributed by atoms with Crippen LogP contribution in [-0.4, -0.2) is 42.9 Å². The Morgan fingerprint density at radius 2 is 1.90 bits per heavy atom. The van der Waals surface area contributed by atoms with Gasteiger partial charge in [-0.1, -0.05) is 30.3 Å². The molecule has 5 heteroatoms. The Morgan fingerprint density at radius 1 is 1.20 bits per heavy atom. The molecule has 1 amide bonds. The highest BCUT2D eigenvalue weighted by Gasteiger charge is 2.19. The normalized spacial score (nSPS) is 14.8. The standard InChI is InChI=1S/C15H18N2OS.ClH/c1-16(2)9-10-17-14(12-19-11-8-15(17)18)13-6-4-3-5-7-13;/h3-8,11-12H,9-10H2,1-2H3;1H. The maximum atomic E-state index is 12.2. The van der Waals surface area contributed by atoms with Gasteiger partial charge in [-0.15, -0.1) is 24.2 Å². The van der Waals surface area contributed by atoms with Crippen LogP contribution in [0.2, 0.25) is 0 Å². The molecule has 0 radical (unpaired) electrons. The van der Waals surface area contributed by atoms with Crippen LogP contribution < -0.4 is 0 Å². The van der Waals surface area contributed by atoms with Crippen LogP contribution in [0, 0.1) is 0 Å². The lowest BCUT2D eigenvalue weighted by atomic mass is 10.1. The maximum Gasteiger partial charge on any atom is 0.251 e. The molecule has 1 aromatic rings. The smallest absolute Gasteiger partial charge is 0.251 e. The second-order valence-corrected chi connectivity index (χ2v) is 5.38. The van der Waals surface area contributed by atoms with Crippen LogP contribution in [0.1, 0.15) is 5.56 Å². The zero-order valence-corrected chi connectivity index (χ0v) is 13.3. The summed E-state index contributed by atoms with van der Waals surface area (Å²) in [7, 11) is 4.03. The summed E-state index contributed by atoms with van der Waals surface area (Å²) in [5.41, 5.74) is 2.05. The van der Waals surface area contributed by atoms with Crippen molar-refractivity contribution in [3.63, 3.8) is 0 Å². The third-order valence-electron chi connectivity index (χ3n) is 2.87. The van der Waals surface area contributed by atoms with Crippen molar-refractivity contribution in [3.05, 3.63) is 52.8 Å². The molecule has 0 fully saturated rings. The zero-order valence-electron chi connectivity index (χ0n) is 11.7. The quantitative estimate of drug-likeness (QED) is 0.854. The summed E-state index contributed by atoms with van der Waals surface area (Å²) in [5, 5.41) is 3.87. The van der Waals surface area contributed by atoms with E-state index in [1.807, 2.05) is 60.1 Å². The number of hydrogen-bond acceptors (Lipinski definition) is 3. The van der Waals surface area contributed by atoms with E-state index in [-0.39, 0.29) is 18.3 Å². The average Bonchev–Trinajstić information content (AvgIpc) is 2.59. The summed E-state index contributed by atoms with van der Waals surface area (Å²) in [6.07, 6.45) is 1.63. The molecule has 0 saturated heterocycles. The van der Waals surface area contributed by atoms with Gasteiger partial charge in [0.1, 0.15) is 0 Å². The van der Waals surface area contributed by atoms with Crippen LogP contribution in [0.5, 0.6) is 0 Å². The second kappa shape index (κ2) is 8.15. The van der Waals surface area contributed by atoms with Crippen LogP contribution in [0.25, 0.3) is 5.70 Å². The van der Waals surface area contributed by atoms with E-state index in [1.54, 1.807) is 17.8 Å². The van der Waals surface area contributed by atoms with Crippen molar-refractivity contribution in [1.29, 1.82) is 0 Å². The van der Waals surface area contributed by atoms with Crippen molar-refractivity contribution in [2.24, 2.45) is 0 Å². The number of hydrogen-bond donors (Lipinski definition) is 0. The molecule has 20 heavy (non-hydrogen) atoms. The van der Waals surface area contributed by atoms with E-state index in [9.17, 15) is 4.79 Å². The largest absolute Gasteiger partial charge is 0.308 e. The van der Waals surface area contributed by atoms with Gasteiger partial charge in [0.15, 0.2) is 0 Å². The molecule has 2 rings (SSSR count). The van der Waals surface area contributed by atoms with Crippen molar-refractivity contribution >= 4 is 35.8 Å². The summed E-state index contributed by atoms with van der Waals surface area (Å²) in [5.74, 6) is 0.0435. The molecule has 0 aliphatic carbocycles. The van der Waals surface area contributed by atoms with Crippen LogP contribution in [0.15, 0.2) is 47.2 Å². The molecule has 0 spiro atoms. The number of halogens is 1. The molecule has 1 aliphatic heterocycles. The number of carbonyl (C=O) groups excluding carboxylic acids is 1. The van der Waals surface area contributed by atoms with Gasteiger partial charge in [0.05, 0.1) is 5.70 Å². The Morgan fingerprint density at radius 3 is 2.55 bits per heavy atom. The topological polar surface area (TPSA) is 23.6 Å². The molecule has 0 aromatic heterocycles. The van der Waals surface area contributed by atoms with Gasteiger partial charge in [0.2, 0.25) is 0 Å². The summed E-state index contributed by atoms with van der Waals surface area (Å²) >= 11 is 1.54. The average molecular weight is 311 g/mol. The molecule has 1 aromatic carbocycles. The molecule has 3 nitrogen and oxygen atoms in total. The Hall–Kier alpha value is -1.23. The third kappa shape index (κ3) is 4.40. The first kappa shape index (κ1) is 16.8. The minimum absolute atomic E-state index is 0. The van der Waals surface area contributed by atoms with Crippen molar-refractivity contribution in [3.8, 4) is 0 Å². The monoisotopic (exact) mass is 310 g/mol. The number of amides is 1. The van der Waals surface area contributed by atoms with Gasteiger partial charge < -0.3 is 9.80 Å². The highest BCUT2D eigenvalue weighted by atomic mass is 35.5. The number of rotatable bonds is 4. The molecule has 0 bridgehead atoms. The highest BCUT2D eigenvalue weighted by Crippen LogP contribution is 2.26. The lowest BCUT2D eigenvalue weighted by Crippen LogP contribution is -2.34. The van der Waals surface area contributed by atoms with E-state index in [2.05, 4.69) is 4.90 Å².